The van der Waals surface area contributed by atoms with E-state index in [0.717, 1.165) is 25.0 Å². The zero-order valence-corrected chi connectivity index (χ0v) is 12.6. The van der Waals surface area contributed by atoms with Gasteiger partial charge in [0.05, 0.1) is 11.1 Å². The Bertz CT molecular complexity index is 299. The number of carbonyl (C=O) groups is 2. The minimum atomic E-state index is -0.884. The summed E-state index contributed by atoms with van der Waals surface area (Å²) in [6, 6.07) is -0.640. The van der Waals surface area contributed by atoms with Gasteiger partial charge in [-0.3, -0.25) is 4.79 Å². The first-order chi connectivity index (χ1) is 8.61. The molecule has 0 aromatic carbocycles. The molecule has 1 rings (SSSR count). The summed E-state index contributed by atoms with van der Waals surface area (Å²) in [5, 5.41) is 9.17. The van der Waals surface area contributed by atoms with Gasteiger partial charge < -0.3 is 10.0 Å². The van der Waals surface area contributed by atoms with Crippen LogP contribution < -0.4 is 0 Å². The molecule has 1 aliphatic rings. The van der Waals surface area contributed by atoms with Crippen LogP contribution in [0.3, 0.4) is 0 Å². The van der Waals surface area contributed by atoms with Crippen molar-refractivity contribution in [1.82, 2.24) is 4.90 Å². The molecule has 1 saturated heterocycles. The SMILES string of the molecule is CCCCSCC(=O)N1C(CC)SCC1C(=O)O. The number of carboxylic acid groups (broad SMARTS) is 1. The molecule has 1 amide bonds. The average Bonchev–Trinajstić information content (AvgIpc) is 2.78. The molecule has 0 spiro atoms. The quantitative estimate of drug-likeness (QED) is 0.729. The molecule has 104 valence electrons. The van der Waals surface area contributed by atoms with Crippen LogP contribution in [-0.4, -0.2) is 50.6 Å². The molecule has 0 saturated carbocycles. The van der Waals surface area contributed by atoms with Crippen LogP contribution in [0.1, 0.15) is 33.1 Å². The molecule has 0 aliphatic carbocycles. The lowest BCUT2D eigenvalue weighted by Crippen LogP contribution is -2.46. The number of aliphatic carboxylic acids is 1. The van der Waals surface area contributed by atoms with Gasteiger partial charge >= 0.3 is 5.97 Å². The highest BCUT2D eigenvalue weighted by Crippen LogP contribution is 2.31. The Morgan fingerprint density at radius 1 is 1.44 bits per heavy atom. The zero-order valence-electron chi connectivity index (χ0n) is 10.9. The maximum atomic E-state index is 12.1. The van der Waals surface area contributed by atoms with Crippen molar-refractivity contribution < 1.29 is 14.7 Å². The molecule has 0 aromatic heterocycles. The number of hydrogen-bond acceptors (Lipinski definition) is 4. The Morgan fingerprint density at radius 3 is 2.72 bits per heavy atom. The molecule has 4 nitrogen and oxygen atoms in total. The standard InChI is InChI=1S/C12H21NO3S2/c1-3-5-6-17-8-10(14)13-9(12(15)16)7-18-11(13)4-2/h9,11H,3-8H2,1-2H3,(H,15,16). The number of carbonyl (C=O) groups excluding carboxylic acids is 1. The second-order valence-corrected chi connectivity index (χ2v) is 6.57. The van der Waals surface area contributed by atoms with E-state index in [1.54, 1.807) is 28.4 Å². The predicted molar refractivity (Wildman–Crippen MR) is 77.0 cm³/mol. The Morgan fingerprint density at radius 2 is 2.17 bits per heavy atom. The van der Waals surface area contributed by atoms with Crippen molar-refractivity contribution >= 4 is 35.4 Å². The number of thioether (sulfide) groups is 2. The number of nitrogens with zero attached hydrogens (tertiary/aromatic N) is 1. The van der Waals surface area contributed by atoms with Gasteiger partial charge in [0.2, 0.25) is 5.91 Å². The fourth-order valence-corrected chi connectivity index (χ4v) is 4.21. The van der Waals surface area contributed by atoms with E-state index < -0.39 is 12.0 Å². The van der Waals surface area contributed by atoms with Crippen molar-refractivity contribution in [1.29, 1.82) is 0 Å². The van der Waals surface area contributed by atoms with Gasteiger partial charge in [-0.1, -0.05) is 20.3 Å². The molecule has 6 heteroatoms. The summed E-state index contributed by atoms with van der Waals surface area (Å²) in [6.07, 6.45) is 3.03. The van der Waals surface area contributed by atoms with E-state index in [4.69, 9.17) is 5.11 Å². The largest absolute Gasteiger partial charge is 0.480 e. The van der Waals surface area contributed by atoms with Gasteiger partial charge in [0, 0.05) is 5.75 Å². The van der Waals surface area contributed by atoms with Crippen molar-refractivity contribution in [3.8, 4) is 0 Å². The fourth-order valence-electron chi connectivity index (χ4n) is 1.88. The first-order valence-electron chi connectivity index (χ1n) is 6.35. The monoisotopic (exact) mass is 291 g/mol. The molecule has 0 aromatic rings. The van der Waals surface area contributed by atoms with Gasteiger partial charge in [0.1, 0.15) is 6.04 Å². The Hall–Kier alpha value is -0.360. The highest BCUT2D eigenvalue weighted by Gasteiger charge is 2.40. The number of hydrogen-bond donors (Lipinski definition) is 1. The minimum absolute atomic E-state index is 0.0275. The van der Waals surface area contributed by atoms with Crippen LogP contribution in [0.25, 0.3) is 0 Å². The van der Waals surface area contributed by atoms with Crippen molar-refractivity contribution in [3.05, 3.63) is 0 Å². The van der Waals surface area contributed by atoms with Gasteiger partial charge in [0.25, 0.3) is 0 Å². The first kappa shape index (κ1) is 15.7. The Kier molecular flexibility index (Phi) is 6.92. The highest BCUT2D eigenvalue weighted by atomic mass is 32.2. The summed E-state index contributed by atoms with van der Waals surface area (Å²) in [4.78, 5) is 24.8. The Labute approximate surface area is 117 Å². The summed E-state index contributed by atoms with van der Waals surface area (Å²) in [5.74, 6) is 0.975. The molecule has 0 radical (unpaired) electrons. The van der Waals surface area contributed by atoms with E-state index in [1.807, 2.05) is 6.92 Å². The summed E-state index contributed by atoms with van der Waals surface area (Å²) in [5.41, 5.74) is 0. The maximum Gasteiger partial charge on any atom is 0.327 e. The molecule has 0 bridgehead atoms. The van der Waals surface area contributed by atoms with Crippen LogP contribution in [0.5, 0.6) is 0 Å². The maximum absolute atomic E-state index is 12.1. The number of unbranched alkanes of at least 4 members (excludes halogenated alkanes) is 1. The van der Waals surface area contributed by atoms with E-state index >= 15 is 0 Å². The average molecular weight is 291 g/mol. The molecule has 2 unspecified atom stereocenters. The topological polar surface area (TPSA) is 57.6 Å². The van der Waals surface area contributed by atoms with Crippen LogP contribution in [0.2, 0.25) is 0 Å². The van der Waals surface area contributed by atoms with E-state index in [0.29, 0.717) is 11.5 Å². The minimum Gasteiger partial charge on any atom is -0.480 e. The van der Waals surface area contributed by atoms with E-state index in [2.05, 4.69) is 6.92 Å². The van der Waals surface area contributed by atoms with E-state index in [-0.39, 0.29) is 11.3 Å². The van der Waals surface area contributed by atoms with Gasteiger partial charge in [0.15, 0.2) is 0 Å². The normalized spacial score (nSPS) is 23.3. The summed E-state index contributed by atoms with van der Waals surface area (Å²) in [6.45, 7) is 4.11. The van der Waals surface area contributed by atoms with Crippen LogP contribution in [0, 0.1) is 0 Å². The van der Waals surface area contributed by atoms with Crippen LogP contribution in [0.4, 0.5) is 0 Å². The van der Waals surface area contributed by atoms with Crippen molar-refractivity contribution in [2.75, 3.05) is 17.3 Å². The Balaban J connectivity index is 2.52. The third-order valence-electron chi connectivity index (χ3n) is 2.88. The smallest absolute Gasteiger partial charge is 0.327 e. The molecule has 1 aliphatic heterocycles. The van der Waals surface area contributed by atoms with Crippen LogP contribution in [0.15, 0.2) is 0 Å². The molecule has 1 fully saturated rings. The van der Waals surface area contributed by atoms with Crippen LogP contribution in [-0.2, 0) is 9.59 Å². The van der Waals surface area contributed by atoms with Gasteiger partial charge in [-0.25, -0.2) is 4.79 Å². The molecule has 1 heterocycles. The molecule has 1 N–H and O–H groups in total. The van der Waals surface area contributed by atoms with Crippen molar-refractivity contribution in [2.24, 2.45) is 0 Å². The number of amides is 1. The fraction of sp³-hybridized carbons (Fsp3) is 0.833. The second kappa shape index (κ2) is 7.94. The van der Waals surface area contributed by atoms with E-state index in [9.17, 15) is 9.59 Å². The van der Waals surface area contributed by atoms with Gasteiger partial charge in [-0.15, -0.1) is 11.8 Å². The zero-order chi connectivity index (χ0) is 13.5. The molecular formula is C12H21NO3S2. The predicted octanol–water partition coefficient (Wildman–Crippen LogP) is 2.28. The second-order valence-electron chi connectivity index (χ2n) is 4.26. The van der Waals surface area contributed by atoms with Crippen molar-refractivity contribution in [3.63, 3.8) is 0 Å². The van der Waals surface area contributed by atoms with Gasteiger partial charge in [-0.2, -0.15) is 11.8 Å². The molecular weight excluding hydrogens is 270 g/mol. The third kappa shape index (κ3) is 4.09. The number of rotatable bonds is 7. The summed E-state index contributed by atoms with van der Waals surface area (Å²) >= 11 is 3.18. The molecule has 18 heavy (non-hydrogen) atoms. The van der Waals surface area contributed by atoms with Crippen LogP contribution >= 0.6 is 23.5 Å². The molecule has 2 atom stereocenters. The number of carboxylic acids is 1. The lowest BCUT2D eigenvalue weighted by atomic mass is 10.2. The van der Waals surface area contributed by atoms with Crippen molar-refractivity contribution in [2.45, 2.75) is 44.5 Å². The lowest BCUT2D eigenvalue weighted by molar-refractivity contribution is -0.148. The first-order valence-corrected chi connectivity index (χ1v) is 8.55. The van der Waals surface area contributed by atoms with E-state index in [1.165, 1.54) is 0 Å². The summed E-state index contributed by atoms with van der Waals surface area (Å²) in [7, 11) is 0. The lowest BCUT2D eigenvalue weighted by Gasteiger charge is -2.26. The summed E-state index contributed by atoms with van der Waals surface area (Å²) < 4.78 is 0. The highest BCUT2D eigenvalue weighted by molar-refractivity contribution is 8.00. The third-order valence-corrected chi connectivity index (χ3v) is 5.36. The van der Waals surface area contributed by atoms with Gasteiger partial charge in [-0.05, 0) is 18.6 Å².